The molecule has 1 saturated carbocycles. The van der Waals surface area contributed by atoms with Crippen LogP contribution in [0.2, 0.25) is 0 Å². The number of aryl methyl sites for hydroxylation is 1. The van der Waals surface area contributed by atoms with Crippen molar-refractivity contribution in [1.82, 2.24) is 4.98 Å². The van der Waals surface area contributed by atoms with Gasteiger partial charge in [0.1, 0.15) is 5.82 Å². The summed E-state index contributed by atoms with van der Waals surface area (Å²) in [6.07, 6.45) is 9.88. The van der Waals surface area contributed by atoms with E-state index in [4.69, 9.17) is 5.73 Å². The highest BCUT2D eigenvalue weighted by atomic mass is 16.1. The molecule has 0 unspecified atom stereocenters. The zero-order valence-corrected chi connectivity index (χ0v) is 13.2. The third kappa shape index (κ3) is 4.45. The molecule has 3 N–H and O–H groups in total. The molecule has 0 aromatic carbocycles. The Balaban J connectivity index is 1.84. The fourth-order valence-electron chi connectivity index (χ4n) is 3.15. The van der Waals surface area contributed by atoms with Crippen molar-refractivity contribution in [1.29, 1.82) is 0 Å². The highest BCUT2D eigenvalue weighted by Crippen LogP contribution is 2.32. The SMILES string of the molecule is CCCCC1CCC(C(=O)Nc2ncc(N)cc2C)CC1. The molecule has 0 atom stereocenters. The van der Waals surface area contributed by atoms with Crippen LogP contribution in [0.3, 0.4) is 0 Å². The van der Waals surface area contributed by atoms with Crippen molar-refractivity contribution >= 4 is 17.4 Å². The van der Waals surface area contributed by atoms with E-state index in [9.17, 15) is 4.79 Å². The Bertz CT molecular complexity index is 479. The van der Waals surface area contributed by atoms with Crippen molar-refractivity contribution in [2.45, 2.75) is 58.8 Å². The number of anilines is 2. The highest BCUT2D eigenvalue weighted by Gasteiger charge is 2.26. The second kappa shape index (κ2) is 7.43. The molecule has 0 bridgehead atoms. The van der Waals surface area contributed by atoms with Gasteiger partial charge in [0.25, 0.3) is 0 Å². The molecular weight excluding hydrogens is 262 g/mol. The number of pyridine rings is 1. The van der Waals surface area contributed by atoms with E-state index in [2.05, 4.69) is 17.2 Å². The van der Waals surface area contributed by atoms with Crippen molar-refractivity contribution in [2.75, 3.05) is 11.1 Å². The number of hydrogen-bond acceptors (Lipinski definition) is 3. The van der Waals surface area contributed by atoms with Gasteiger partial charge in [0.15, 0.2) is 0 Å². The molecule has 2 rings (SSSR count). The summed E-state index contributed by atoms with van der Waals surface area (Å²) < 4.78 is 0. The Kier molecular flexibility index (Phi) is 5.59. The summed E-state index contributed by atoms with van der Waals surface area (Å²) in [5.41, 5.74) is 7.22. The lowest BCUT2D eigenvalue weighted by atomic mass is 9.79. The standard InChI is InChI=1S/C17H27N3O/c1-3-4-5-13-6-8-14(9-7-13)17(21)20-16-12(2)10-15(18)11-19-16/h10-11,13-14H,3-9,18H2,1-2H3,(H,19,20,21). The first kappa shape index (κ1) is 15.8. The lowest BCUT2D eigenvalue weighted by Crippen LogP contribution is -2.27. The Labute approximate surface area is 127 Å². The molecule has 4 nitrogen and oxygen atoms in total. The molecule has 1 fully saturated rings. The summed E-state index contributed by atoms with van der Waals surface area (Å²) in [6, 6.07) is 1.84. The maximum atomic E-state index is 12.3. The van der Waals surface area contributed by atoms with Gasteiger partial charge in [0.2, 0.25) is 5.91 Å². The van der Waals surface area contributed by atoms with E-state index < -0.39 is 0 Å². The number of nitrogen functional groups attached to an aromatic ring is 1. The number of unbranched alkanes of at least 4 members (excludes halogenated alkanes) is 1. The van der Waals surface area contributed by atoms with Crippen LogP contribution in [0.25, 0.3) is 0 Å². The molecule has 1 aromatic rings. The minimum absolute atomic E-state index is 0.115. The van der Waals surface area contributed by atoms with Crippen LogP contribution in [0.1, 0.15) is 57.4 Å². The van der Waals surface area contributed by atoms with Gasteiger partial charge in [-0.3, -0.25) is 4.79 Å². The second-order valence-corrected chi connectivity index (χ2v) is 6.28. The van der Waals surface area contributed by atoms with Crippen molar-refractivity contribution in [3.05, 3.63) is 17.8 Å². The first-order valence-electron chi connectivity index (χ1n) is 8.13. The van der Waals surface area contributed by atoms with Crippen LogP contribution >= 0.6 is 0 Å². The minimum atomic E-state index is 0.115. The molecular formula is C17H27N3O. The quantitative estimate of drug-likeness (QED) is 0.863. The largest absolute Gasteiger partial charge is 0.397 e. The fourth-order valence-corrected chi connectivity index (χ4v) is 3.15. The lowest BCUT2D eigenvalue weighted by molar-refractivity contribution is -0.121. The Hall–Kier alpha value is -1.58. The molecule has 1 heterocycles. The average Bonchev–Trinajstić information content (AvgIpc) is 2.48. The van der Waals surface area contributed by atoms with Crippen LogP contribution in [0.5, 0.6) is 0 Å². The maximum absolute atomic E-state index is 12.3. The van der Waals surface area contributed by atoms with Gasteiger partial charge in [-0.05, 0) is 50.2 Å². The van der Waals surface area contributed by atoms with Gasteiger partial charge in [0.05, 0.1) is 11.9 Å². The number of nitrogens with one attached hydrogen (secondary N) is 1. The topological polar surface area (TPSA) is 68.0 Å². The van der Waals surface area contributed by atoms with E-state index in [1.807, 2.05) is 13.0 Å². The fraction of sp³-hybridized carbons (Fsp3) is 0.647. The second-order valence-electron chi connectivity index (χ2n) is 6.28. The normalized spacial score (nSPS) is 22.0. The summed E-state index contributed by atoms with van der Waals surface area (Å²) in [5, 5.41) is 2.96. The van der Waals surface area contributed by atoms with Crippen LogP contribution < -0.4 is 11.1 Å². The molecule has 116 valence electrons. The molecule has 1 aromatic heterocycles. The molecule has 0 aliphatic heterocycles. The molecule has 0 spiro atoms. The van der Waals surface area contributed by atoms with Gasteiger partial charge >= 0.3 is 0 Å². The van der Waals surface area contributed by atoms with Crippen LogP contribution in [0.4, 0.5) is 11.5 Å². The Morgan fingerprint density at radius 3 is 2.71 bits per heavy atom. The maximum Gasteiger partial charge on any atom is 0.228 e. The van der Waals surface area contributed by atoms with E-state index in [-0.39, 0.29) is 11.8 Å². The van der Waals surface area contributed by atoms with Gasteiger partial charge in [-0.1, -0.05) is 26.2 Å². The lowest BCUT2D eigenvalue weighted by Gasteiger charge is -2.27. The van der Waals surface area contributed by atoms with Crippen molar-refractivity contribution in [3.8, 4) is 0 Å². The van der Waals surface area contributed by atoms with E-state index in [0.29, 0.717) is 11.5 Å². The van der Waals surface area contributed by atoms with Gasteiger partial charge in [-0.15, -0.1) is 0 Å². The zero-order valence-electron chi connectivity index (χ0n) is 13.2. The molecule has 0 saturated heterocycles. The summed E-state index contributed by atoms with van der Waals surface area (Å²) in [5.74, 6) is 1.72. The number of carbonyl (C=O) groups is 1. The van der Waals surface area contributed by atoms with Crippen LogP contribution in [0.15, 0.2) is 12.3 Å². The molecule has 1 aliphatic carbocycles. The molecule has 0 radical (unpaired) electrons. The first-order chi connectivity index (χ1) is 10.1. The molecule has 1 amide bonds. The van der Waals surface area contributed by atoms with E-state index in [1.54, 1.807) is 6.20 Å². The Morgan fingerprint density at radius 2 is 2.10 bits per heavy atom. The number of hydrogen-bond donors (Lipinski definition) is 2. The van der Waals surface area contributed by atoms with E-state index >= 15 is 0 Å². The number of amides is 1. The van der Waals surface area contributed by atoms with Gasteiger partial charge in [-0.2, -0.15) is 0 Å². The van der Waals surface area contributed by atoms with Gasteiger partial charge in [-0.25, -0.2) is 4.98 Å². The van der Waals surface area contributed by atoms with E-state index in [1.165, 1.54) is 32.1 Å². The van der Waals surface area contributed by atoms with Gasteiger partial charge in [0, 0.05) is 5.92 Å². The predicted octanol–water partition coefficient (Wildman–Crippen LogP) is 3.91. The van der Waals surface area contributed by atoms with Crippen molar-refractivity contribution < 1.29 is 4.79 Å². The summed E-state index contributed by atoms with van der Waals surface area (Å²) in [6.45, 7) is 4.15. The van der Waals surface area contributed by atoms with Crippen LogP contribution in [-0.2, 0) is 4.79 Å². The average molecular weight is 289 g/mol. The third-order valence-corrected chi connectivity index (χ3v) is 4.52. The number of carbonyl (C=O) groups excluding carboxylic acids is 1. The number of aromatic nitrogens is 1. The molecule has 1 aliphatic rings. The van der Waals surface area contributed by atoms with Crippen LogP contribution in [-0.4, -0.2) is 10.9 Å². The highest BCUT2D eigenvalue weighted by molar-refractivity contribution is 5.92. The molecule has 4 heteroatoms. The molecule has 21 heavy (non-hydrogen) atoms. The summed E-state index contributed by atoms with van der Waals surface area (Å²) in [4.78, 5) is 16.6. The third-order valence-electron chi connectivity index (χ3n) is 4.52. The zero-order chi connectivity index (χ0) is 15.2. The van der Waals surface area contributed by atoms with Crippen molar-refractivity contribution in [2.24, 2.45) is 11.8 Å². The summed E-state index contributed by atoms with van der Waals surface area (Å²) in [7, 11) is 0. The van der Waals surface area contributed by atoms with Crippen molar-refractivity contribution in [3.63, 3.8) is 0 Å². The van der Waals surface area contributed by atoms with Gasteiger partial charge < -0.3 is 11.1 Å². The van der Waals surface area contributed by atoms with E-state index in [0.717, 1.165) is 24.3 Å². The minimum Gasteiger partial charge on any atom is -0.397 e. The monoisotopic (exact) mass is 289 g/mol. The Morgan fingerprint density at radius 1 is 1.38 bits per heavy atom. The van der Waals surface area contributed by atoms with Crippen LogP contribution in [0, 0.1) is 18.8 Å². The predicted molar refractivity (Wildman–Crippen MR) is 87.0 cm³/mol. The smallest absolute Gasteiger partial charge is 0.228 e. The number of rotatable bonds is 5. The number of nitrogens with two attached hydrogens (primary N) is 1. The summed E-state index contributed by atoms with van der Waals surface area (Å²) >= 11 is 0. The number of nitrogens with zero attached hydrogens (tertiary/aromatic N) is 1. The first-order valence-corrected chi connectivity index (χ1v) is 8.13.